The fraction of sp³-hybridized carbons (Fsp3) is 0.696. The zero-order valence-corrected chi connectivity index (χ0v) is 20.7. The maximum atomic E-state index is 12.4. The lowest BCUT2D eigenvalue weighted by Crippen LogP contribution is -2.54. The van der Waals surface area contributed by atoms with Crippen molar-refractivity contribution in [2.45, 2.75) is 50.0 Å². The Morgan fingerprint density at radius 1 is 1.03 bits per heavy atom. The number of rotatable bonds is 5. The van der Waals surface area contributed by atoms with E-state index in [1.165, 1.54) is 31.2 Å². The van der Waals surface area contributed by atoms with Gasteiger partial charge < -0.3 is 10.6 Å². The van der Waals surface area contributed by atoms with Crippen LogP contribution in [-0.2, 0) is 10.2 Å². The van der Waals surface area contributed by atoms with Crippen LogP contribution < -0.4 is 5.73 Å². The molecule has 0 unspecified atom stereocenters. The molecule has 0 spiro atoms. The van der Waals surface area contributed by atoms with Gasteiger partial charge in [0.05, 0.1) is 6.54 Å². The minimum atomic E-state index is 0. The molecule has 4 rings (SSSR count). The zero-order valence-electron chi connectivity index (χ0n) is 18.3. The van der Waals surface area contributed by atoms with E-state index < -0.39 is 0 Å². The molecule has 2 heterocycles. The van der Waals surface area contributed by atoms with Crippen LogP contribution >= 0.6 is 36.4 Å². The Kier molecular flexibility index (Phi) is 10.4. The summed E-state index contributed by atoms with van der Waals surface area (Å²) in [7, 11) is 0. The van der Waals surface area contributed by atoms with Gasteiger partial charge in [0, 0.05) is 62.3 Å². The molecule has 1 aromatic carbocycles. The van der Waals surface area contributed by atoms with Crippen LogP contribution in [0.2, 0.25) is 5.02 Å². The molecule has 31 heavy (non-hydrogen) atoms. The first-order chi connectivity index (χ1) is 14.1. The van der Waals surface area contributed by atoms with Crippen LogP contribution in [0.4, 0.5) is 0 Å². The Labute approximate surface area is 204 Å². The molecular formula is C23H37Cl3N4O. The molecule has 1 saturated carbocycles. The average molecular weight is 492 g/mol. The Hall–Kier alpha value is -0.560. The molecule has 0 radical (unpaired) electrons. The first-order valence-electron chi connectivity index (χ1n) is 11.3. The van der Waals surface area contributed by atoms with Crippen LogP contribution in [0.5, 0.6) is 0 Å². The highest BCUT2D eigenvalue weighted by Gasteiger charge is 2.38. The summed E-state index contributed by atoms with van der Waals surface area (Å²) in [5.41, 5.74) is 7.64. The molecule has 2 saturated heterocycles. The van der Waals surface area contributed by atoms with E-state index >= 15 is 0 Å². The predicted octanol–water partition coefficient (Wildman–Crippen LogP) is 3.56. The molecular weight excluding hydrogens is 455 g/mol. The van der Waals surface area contributed by atoms with Crippen molar-refractivity contribution in [3.05, 3.63) is 34.9 Å². The third-order valence-electron chi connectivity index (χ3n) is 7.48. The number of hydrogen-bond acceptors (Lipinski definition) is 4. The standard InChI is InChI=1S/C23H35ClN4O.2ClH/c24-20-5-3-4-19(16-20)23(18-25)8-6-21(7-9-23)27-14-12-26(13-15-27)17-22(29)28-10-1-2-11-28;;/h3-5,16,21H,1-2,6-15,17-18,25H2;2*1H. The van der Waals surface area contributed by atoms with E-state index in [0.717, 1.165) is 57.1 Å². The molecule has 3 fully saturated rings. The first-order valence-corrected chi connectivity index (χ1v) is 11.7. The second-order valence-corrected chi connectivity index (χ2v) is 9.56. The summed E-state index contributed by atoms with van der Waals surface area (Å²) in [4.78, 5) is 19.4. The summed E-state index contributed by atoms with van der Waals surface area (Å²) in [6, 6.07) is 8.92. The highest BCUT2D eigenvalue weighted by molar-refractivity contribution is 6.30. The Balaban J connectivity index is 0.00000171. The lowest BCUT2D eigenvalue weighted by molar-refractivity contribution is -0.131. The zero-order chi connectivity index (χ0) is 20.3. The number of likely N-dealkylation sites (tertiary alicyclic amines) is 1. The molecule has 2 aliphatic heterocycles. The third-order valence-corrected chi connectivity index (χ3v) is 7.72. The summed E-state index contributed by atoms with van der Waals surface area (Å²) in [6.45, 7) is 7.36. The van der Waals surface area contributed by atoms with E-state index in [4.69, 9.17) is 17.3 Å². The Morgan fingerprint density at radius 2 is 1.68 bits per heavy atom. The largest absolute Gasteiger partial charge is 0.342 e. The fourth-order valence-electron chi connectivity index (χ4n) is 5.49. The maximum Gasteiger partial charge on any atom is 0.236 e. The maximum absolute atomic E-state index is 12.4. The van der Waals surface area contributed by atoms with Crippen molar-refractivity contribution in [2.24, 2.45) is 5.73 Å². The number of nitrogens with two attached hydrogens (primary N) is 1. The quantitative estimate of drug-likeness (QED) is 0.684. The van der Waals surface area contributed by atoms with Gasteiger partial charge in [0.15, 0.2) is 0 Å². The lowest BCUT2D eigenvalue weighted by Gasteiger charge is -2.46. The van der Waals surface area contributed by atoms with Gasteiger partial charge in [-0.2, -0.15) is 0 Å². The van der Waals surface area contributed by atoms with Crippen LogP contribution in [-0.4, -0.2) is 79.0 Å². The summed E-state index contributed by atoms with van der Waals surface area (Å²) < 4.78 is 0. The molecule has 2 N–H and O–H groups in total. The van der Waals surface area contributed by atoms with Gasteiger partial charge in [-0.25, -0.2) is 0 Å². The lowest BCUT2D eigenvalue weighted by atomic mass is 9.68. The van der Waals surface area contributed by atoms with E-state index in [0.29, 0.717) is 25.0 Å². The van der Waals surface area contributed by atoms with Crippen molar-refractivity contribution in [1.29, 1.82) is 0 Å². The highest BCUT2D eigenvalue weighted by atomic mass is 35.5. The fourth-order valence-corrected chi connectivity index (χ4v) is 5.68. The number of amides is 1. The van der Waals surface area contributed by atoms with Crippen molar-refractivity contribution in [3.8, 4) is 0 Å². The molecule has 0 bridgehead atoms. The average Bonchev–Trinajstić information content (AvgIpc) is 3.30. The van der Waals surface area contributed by atoms with Gasteiger partial charge >= 0.3 is 0 Å². The van der Waals surface area contributed by atoms with Crippen LogP contribution in [0, 0.1) is 0 Å². The van der Waals surface area contributed by atoms with Crippen molar-refractivity contribution < 1.29 is 4.79 Å². The van der Waals surface area contributed by atoms with Gasteiger partial charge in [-0.3, -0.25) is 14.6 Å². The van der Waals surface area contributed by atoms with Gasteiger partial charge in [0.2, 0.25) is 5.91 Å². The number of hydrogen-bond donors (Lipinski definition) is 1. The van der Waals surface area contributed by atoms with Crippen molar-refractivity contribution in [1.82, 2.24) is 14.7 Å². The molecule has 3 aliphatic rings. The molecule has 5 nitrogen and oxygen atoms in total. The second-order valence-electron chi connectivity index (χ2n) is 9.13. The number of benzene rings is 1. The number of piperazine rings is 1. The summed E-state index contributed by atoms with van der Waals surface area (Å²) in [5, 5.41) is 0.803. The second kappa shape index (κ2) is 12.1. The van der Waals surface area contributed by atoms with Crippen LogP contribution in [0.1, 0.15) is 44.1 Å². The highest BCUT2D eigenvalue weighted by Crippen LogP contribution is 2.40. The van der Waals surface area contributed by atoms with E-state index in [-0.39, 0.29) is 30.2 Å². The van der Waals surface area contributed by atoms with Crippen molar-refractivity contribution in [3.63, 3.8) is 0 Å². The predicted molar refractivity (Wildman–Crippen MR) is 133 cm³/mol. The van der Waals surface area contributed by atoms with Gasteiger partial charge in [-0.1, -0.05) is 23.7 Å². The minimum Gasteiger partial charge on any atom is -0.342 e. The van der Waals surface area contributed by atoms with E-state index in [9.17, 15) is 4.79 Å². The smallest absolute Gasteiger partial charge is 0.236 e. The van der Waals surface area contributed by atoms with Gasteiger partial charge in [-0.15, -0.1) is 24.8 Å². The SMILES string of the molecule is Cl.Cl.NCC1(c2cccc(Cl)c2)CCC(N2CCN(CC(=O)N3CCCC3)CC2)CC1. The van der Waals surface area contributed by atoms with Crippen LogP contribution in [0.3, 0.4) is 0 Å². The molecule has 176 valence electrons. The van der Waals surface area contributed by atoms with E-state index in [1.807, 2.05) is 17.0 Å². The minimum absolute atomic E-state index is 0. The van der Waals surface area contributed by atoms with Crippen LogP contribution in [0.15, 0.2) is 24.3 Å². The van der Waals surface area contributed by atoms with E-state index in [2.05, 4.69) is 21.9 Å². The monoisotopic (exact) mass is 490 g/mol. The topological polar surface area (TPSA) is 52.8 Å². The summed E-state index contributed by atoms with van der Waals surface area (Å²) in [5.74, 6) is 0.322. The molecule has 1 amide bonds. The number of nitrogens with zero attached hydrogens (tertiary/aromatic N) is 3. The third kappa shape index (κ3) is 6.27. The number of carbonyl (C=O) groups excluding carboxylic acids is 1. The summed E-state index contributed by atoms with van der Waals surface area (Å²) in [6.07, 6.45) is 6.97. The number of carbonyl (C=O) groups is 1. The molecule has 0 atom stereocenters. The molecule has 1 aromatic rings. The van der Waals surface area contributed by atoms with Gasteiger partial charge in [0.1, 0.15) is 0 Å². The normalized spacial score (nSPS) is 27.4. The summed E-state index contributed by atoms with van der Waals surface area (Å²) >= 11 is 6.24. The Bertz CT molecular complexity index is 698. The van der Waals surface area contributed by atoms with Crippen molar-refractivity contribution >= 4 is 42.3 Å². The molecule has 0 aromatic heterocycles. The van der Waals surface area contributed by atoms with Crippen molar-refractivity contribution in [2.75, 3.05) is 52.4 Å². The van der Waals surface area contributed by atoms with Gasteiger partial charge in [0.25, 0.3) is 0 Å². The van der Waals surface area contributed by atoms with E-state index in [1.54, 1.807) is 0 Å². The van der Waals surface area contributed by atoms with Crippen LogP contribution in [0.25, 0.3) is 0 Å². The first kappa shape index (κ1) is 26.7. The number of halogens is 3. The Morgan fingerprint density at radius 3 is 2.26 bits per heavy atom. The van der Waals surface area contributed by atoms with Gasteiger partial charge in [-0.05, 0) is 56.2 Å². The molecule has 1 aliphatic carbocycles. The molecule has 8 heteroatoms.